The van der Waals surface area contributed by atoms with E-state index in [0.717, 1.165) is 36.8 Å². The first-order chi connectivity index (χ1) is 11.1. The number of hydrogen-bond donors (Lipinski definition) is 3. The van der Waals surface area contributed by atoms with Crippen LogP contribution in [0.1, 0.15) is 49.8 Å². The maximum Gasteiger partial charge on any atom is 0.315 e. The van der Waals surface area contributed by atoms with Gasteiger partial charge in [-0.15, -0.1) is 0 Å². The molecule has 1 aliphatic rings. The van der Waals surface area contributed by atoms with Crippen molar-refractivity contribution in [2.45, 2.75) is 45.6 Å². The van der Waals surface area contributed by atoms with Gasteiger partial charge in [-0.25, -0.2) is 4.79 Å². The van der Waals surface area contributed by atoms with E-state index < -0.39 is 0 Å². The lowest BCUT2D eigenvalue weighted by Gasteiger charge is -2.17. The van der Waals surface area contributed by atoms with E-state index in [4.69, 9.17) is 0 Å². The van der Waals surface area contributed by atoms with Crippen LogP contribution in [0.4, 0.5) is 4.79 Å². The van der Waals surface area contributed by atoms with Gasteiger partial charge in [0.2, 0.25) is 5.91 Å². The molecule has 1 fully saturated rings. The quantitative estimate of drug-likeness (QED) is 0.706. The number of carbonyl (C=O) groups is 2. The smallest absolute Gasteiger partial charge is 0.315 e. The second-order valence-corrected chi connectivity index (χ2v) is 6.25. The van der Waals surface area contributed by atoms with Gasteiger partial charge in [0, 0.05) is 19.0 Å². The molecule has 1 saturated carbocycles. The lowest BCUT2D eigenvalue weighted by Crippen LogP contribution is -2.42. The van der Waals surface area contributed by atoms with Crippen LogP contribution in [0, 0.1) is 12.8 Å². The molecule has 3 N–H and O–H groups in total. The van der Waals surface area contributed by atoms with Crippen molar-refractivity contribution in [3.63, 3.8) is 0 Å². The van der Waals surface area contributed by atoms with Crippen LogP contribution >= 0.6 is 0 Å². The van der Waals surface area contributed by atoms with Gasteiger partial charge in [-0.3, -0.25) is 4.79 Å². The van der Waals surface area contributed by atoms with Crippen molar-refractivity contribution in [1.82, 2.24) is 16.0 Å². The summed E-state index contributed by atoms with van der Waals surface area (Å²) in [5.74, 6) is 0.294. The lowest BCUT2D eigenvalue weighted by atomic mass is 10.0. The SMILES string of the molecule is Cc1ccccc1C(C)NC(=O)NCCNC(=O)C1CCCC1. The molecule has 23 heavy (non-hydrogen) atoms. The Morgan fingerprint density at radius 2 is 1.78 bits per heavy atom. The summed E-state index contributed by atoms with van der Waals surface area (Å²) < 4.78 is 0. The molecule has 0 radical (unpaired) electrons. The molecule has 0 aromatic heterocycles. The van der Waals surface area contributed by atoms with Crippen LogP contribution in [-0.2, 0) is 4.79 Å². The average Bonchev–Trinajstić information content (AvgIpc) is 3.06. The van der Waals surface area contributed by atoms with Gasteiger partial charge in [0.1, 0.15) is 0 Å². The Morgan fingerprint density at radius 3 is 2.48 bits per heavy atom. The number of carbonyl (C=O) groups excluding carboxylic acids is 2. The highest BCUT2D eigenvalue weighted by Crippen LogP contribution is 2.24. The van der Waals surface area contributed by atoms with Crippen molar-refractivity contribution < 1.29 is 9.59 Å². The zero-order valence-electron chi connectivity index (χ0n) is 14.0. The maximum atomic E-state index is 11.9. The minimum Gasteiger partial charge on any atom is -0.354 e. The summed E-state index contributed by atoms with van der Waals surface area (Å²) in [4.78, 5) is 23.8. The average molecular weight is 317 g/mol. The van der Waals surface area contributed by atoms with Gasteiger partial charge in [-0.05, 0) is 37.8 Å². The van der Waals surface area contributed by atoms with Crippen molar-refractivity contribution in [2.24, 2.45) is 5.92 Å². The molecule has 0 spiro atoms. The van der Waals surface area contributed by atoms with Gasteiger partial charge in [0.05, 0.1) is 6.04 Å². The first kappa shape index (κ1) is 17.3. The molecule has 1 aromatic rings. The zero-order valence-corrected chi connectivity index (χ0v) is 14.0. The topological polar surface area (TPSA) is 70.2 Å². The van der Waals surface area contributed by atoms with Gasteiger partial charge in [0.25, 0.3) is 0 Å². The van der Waals surface area contributed by atoms with E-state index in [-0.39, 0.29) is 23.9 Å². The Morgan fingerprint density at radius 1 is 1.13 bits per heavy atom. The molecular formula is C18H27N3O2. The number of benzene rings is 1. The fourth-order valence-corrected chi connectivity index (χ4v) is 3.09. The second-order valence-electron chi connectivity index (χ2n) is 6.25. The van der Waals surface area contributed by atoms with Crippen LogP contribution in [0.15, 0.2) is 24.3 Å². The Bertz CT molecular complexity index is 539. The van der Waals surface area contributed by atoms with Crippen molar-refractivity contribution in [1.29, 1.82) is 0 Å². The number of hydrogen-bond acceptors (Lipinski definition) is 2. The van der Waals surface area contributed by atoms with Gasteiger partial charge >= 0.3 is 6.03 Å². The van der Waals surface area contributed by atoms with E-state index in [1.807, 2.05) is 38.1 Å². The summed E-state index contributed by atoms with van der Waals surface area (Å²) in [7, 11) is 0. The van der Waals surface area contributed by atoms with Gasteiger partial charge in [-0.1, -0.05) is 37.1 Å². The molecule has 5 heteroatoms. The number of aryl methyl sites for hydroxylation is 1. The van der Waals surface area contributed by atoms with Crippen LogP contribution in [0.2, 0.25) is 0 Å². The van der Waals surface area contributed by atoms with E-state index in [1.54, 1.807) is 0 Å². The molecule has 1 aliphatic carbocycles. The Labute approximate surface area is 138 Å². The molecule has 0 aliphatic heterocycles. The predicted octanol–water partition coefficient (Wildman–Crippen LogP) is 2.66. The number of rotatable bonds is 6. The maximum absolute atomic E-state index is 11.9. The highest BCUT2D eigenvalue weighted by atomic mass is 16.2. The Balaban J connectivity index is 1.65. The monoisotopic (exact) mass is 317 g/mol. The van der Waals surface area contributed by atoms with Gasteiger partial charge in [0.15, 0.2) is 0 Å². The van der Waals surface area contributed by atoms with Crippen molar-refractivity contribution >= 4 is 11.9 Å². The standard InChI is InChI=1S/C18H27N3O2/c1-13-7-3-6-10-16(13)14(2)21-18(23)20-12-11-19-17(22)15-8-4-5-9-15/h3,6-7,10,14-15H,4-5,8-9,11-12H2,1-2H3,(H,19,22)(H2,20,21,23). The molecule has 2 rings (SSSR count). The van der Waals surface area contributed by atoms with E-state index in [1.165, 1.54) is 0 Å². The molecule has 0 heterocycles. The van der Waals surface area contributed by atoms with Gasteiger partial charge < -0.3 is 16.0 Å². The Hall–Kier alpha value is -2.04. The van der Waals surface area contributed by atoms with Crippen LogP contribution in [0.3, 0.4) is 0 Å². The number of urea groups is 1. The van der Waals surface area contributed by atoms with E-state index in [0.29, 0.717) is 13.1 Å². The zero-order chi connectivity index (χ0) is 16.7. The van der Waals surface area contributed by atoms with Gasteiger partial charge in [-0.2, -0.15) is 0 Å². The molecule has 5 nitrogen and oxygen atoms in total. The minimum atomic E-state index is -0.212. The summed E-state index contributed by atoms with van der Waals surface area (Å²) in [5.41, 5.74) is 2.27. The summed E-state index contributed by atoms with van der Waals surface area (Å²) >= 11 is 0. The number of amides is 3. The number of nitrogens with one attached hydrogen (secondary N) is 3. The third kappa shape index (κ3) is 5.27. The molecule has 3 amide bonds. The van der Waals surface area contributed by atoms with Crippen molar-refractivity contribution in [2.75, 3.05) is 13.1 Å². The normalized spacial score (nSPS) is 15.9. The molecule has 126 valence electrons. The third-order valence-corrected chi connectivity index (χ3v) is 4.44. The van der Waals surface area contributed by atoms with Crippen molar-refractivity contribution in [3.8, 4) is 0 Å². The van der Waals surface area contributed by atoms with Crippen LogP contribution in [-0.4, -0.2) is 25.0 Å². The largest absolute Gasteiger partial charge is 0.354 e. The van der Waals surface area contributed by atoms with Crippen LogP contribution < -0.4 is 16.0 Å². The molecular weight excluding hydrogens is 290 g/mol. The summed E-state index contributed by atoms with van der Waals surface area (Å²) in [6.45, 7) is 4.90. The fourth-order valence-electron chi connectivity index (χ4n) is 3.09. The molecule has 1 unspecified atom stereocenters. The summed E-state index contributed by atoms with van der Waals surface area (Å²) in [6.07, 6.45) is 4.28. The molecule has 0 saturated heterocycles. The second kappa shape index (κ2) is 8.56. The first-order valence-electron chi connectivity index (χ1n) is 8.45. The lowest BCUT2D eigenvalue weighted by molar-refractivity contribution is -0.124. The molecule has 0 bridgehead atoms. The predicted molar refractivity (Wildman–Crippen MR) is 91.1 cm³/mol. The Kier molecular flexibility index (Phi) is 6.44. The van der Waals surface area contributed by atoms with E-state index >= 15 is 0 Å². The van der Waals surface area contributed by atoms with Crippen LogP contribution in [0.5, 0.6) is 0 Å². The minimum absolute atomic E-state index is 0.0516. The van der Waals surface area contributed by atoms with Crippen molar-refractivity contribution in [3.05, 3.63) is 35.4 Å². The molecule has 1 aromatic carbocycles. The highest BCUT2D eigenvalue weighted by molar-refractivity contribution is 5.79. The van der Waals surface area contributed by atoms with E-state index in [2.05, 4.69) is 16.0 Å². The summed E-state index contributed by atoms with van der Waals surface area (Å²) in [5, 5.41) is 8.59. The fraction of sp³-hybridized carbons (Fsp3) is 0.556. The highest BCUT2D eigenvalue weighted by Gasteiger charge is 2.21. The summed E-state index contributed by atoms with van der Waals surface area (Å²) in [6, 6.07) is 7.74. The molecule has 1 atom stereocenters. The van der Waals surface area contributed by atoms with Crippen LogP contribution in [0.25, 0.3) is 0 Å². The first-order valence-corrected chi connectivity index (χ1v) is 8.45. The third-order valence-electron chi connectivity index (χ3n) is 4.44. The van der Waals surface area contributed by atoms with E-state index in [9.17, 15) is 9.59 Å².